The summed E-state index contributed by atoms with van der Waals surface area (Å²) in [6.07, 6.45) is 1.77. The van der Waals surface area contributed by atoms with Crippen LogP contribution in [0, 0.1) is 12.8 Å². The largest absolute Gasteiger partial charge is 0.593 e. The lowest BCUT2D eigenvalue weighted by molar-refractivity contribution is -0.137. The van der Waals surface area contributed by atoms with Crippen molar-refractivity contribution in [3.05, 3.63) is 60.3 Å². The third kappa shape index (κ3) is 4.80. The zero-order chi connectivity index (χ0) is 23.7. The molecular formula is C26H31BN4O2S. The summed E-state index contributed by atoms with van der Waals surface area (Å²) in [6.45, 7) is 6.42. The quantitative estimate of drug-likeness (QED) is 0.427. The summed E-state index contributed by atoms with van der Waals surface area (Å²) in [5.74, 6) is 0.125. The Morgan fingerprint density at radius 2 is 1.79 bits per heavy atom. The van der Waals surface area contributed by atoms with Gasteiger partial charge in [0, 0.05) is 49.5 Å². The van der Waals surface area contributed by atoms with E-state index in [9.17, 15) is 9.35 Å². The van der Waals surface area contributed by atoms with Crippen molar-refractivity contribution in [1.29, 1.82) is 0 Å². The number of piperidine rings is 1. The molecule has 2 aliphatic heterocycles. The van der Waals surface area contributed by atoms with Gasteiger partial charge in [0.1, 0.15) is 7.85 Å². The van der Waals surface area contributed by atoms with Crippen molar-refractivity contribution in [2.75, 3.05) is 44.2 Å². The summed E-state index contributed by atoms with van der Waals surface area (Å²) in [5.41, 5.74) is 4.38. The van der Waals surface area contributed by atoms with Gasteiger partial charge in [-0.05, 0) is 44.0 Å². The number of anilines is 1. The Balaban J connectivity index is 1.22. The summed E-state index contributed by atoms with van der Waals surface area (Å²) in [7, 11) is 2.03. The molecule has 0 radical (unpaired) electrons. The van der Waals surface area contributed by atoms with Crippen LogP contribution in [0.25, 0.3) is 10.9 Å². The van der Waals surface area contributed by atoms with Crippen molar-refractivity contribution in [2.45, 2.75) is 24.7 Å². The zero-order valence-electron chi connectivity index (χ0n) is 19.9. The van der Waals surface area contributed by atoms with Gasteiger partial charge in [-0.15, -0.1) is 4.31 Å². The van der Waals surface area contributed by atoms with Crippen LogP contribution in [0.1, 0.15) is 18.5 Å². The molecule has 1 aromatic heterocycles. The number of carbonyl (C=O) groups is 1. The molecule has 2 atom stereocenters. The van der Waals surface area contributed by atoms with Crippen LogP contribution in [-0.4, -0.2) is 71.8 Å². The number of para-hydroxylation sites is 1. The Morgan fingerprint density at radius 3 is 2.56 bits per heavy atom. The van der Waals surface area contributed by atoms with E-state index in [-0.39, 0.29) is 11.8 Å². The SMILES string of the molecule is Bc1ccc([S+]([O-])N2CCCC(C(=O)N3CCN(c4cc(C)nc5ccccc45)CC3)C2)cc1. The standard InChI is InChI=1S/C26H31BN4O2S/c1-19-17-25(23-6-2-3-7-24(23)28-19)29-13-15-30(16-14-29)26(32)20-5-4-12-31(18-20)34(33)22-10-8-21(27)9-11-22/h2-3,6-11,17,20H,4-5,12-16,18,27H2,1H3. The molecule has 6 nitrogen and oxygen atoms in total. The number of carbonyl (C=O) groups excluding carboxylic acids is 1. The maximum atomic E-state index is 13.4. The van der Waals surface area contributed by atoms with Crippen LogP contribution >= 0.6 is 0 Å². The first-order valence-corrected chi connectivity index (χ1v) is 13.2. The molecule has 3 aromatic rings. The summed E-state index contributed by atoms with van der Waals surface area (Å²) in [5, 5.41) is 1.16. The molecule has 2 aliphatic rings. The van der Waals surface area contributed by atoms with Crippen molar-refractivity contribution in [2.24, 2.45) is 5.92 Å². The molecule has 8 heteroatoms. The topological polar surface area (TPSA) is 62.7 Å². The summed E-state index contributed by atoms with van der Waals surface area (Å²) < 4.78 is 15.1. The Morgan fingerprint density at radius 1 is 1.06 bits per heavy atom. The van der Waals surface area contributed by atoms with Crippen LogP contribution in [-0.2, 0) is 16.2 Å². The van der Waals surface area contributed by atoms with Gasteiger partial charge >= 0.3 is 0 Å². The van der Waals surface area contributed by atoms with Crippen molar-refractivity contribution in [1.82, 2.24) is 14.2 Å². The highest BCUT2D eigenvalue weighted by molar-refractivity contribution is 7.89. The molecule has 0 bridgehead atoms. The number of piperazine rings is 1. The Hall–Kier alpha value is -2.55. The van der Waals surface area contributed by atoms with Crippen LogP contribution in [0.2, 0.25) is 0 Å². The minimum Gasteiger partial charge on any atom is -0.593 e. The highest BCUT2D eigenvalue weighted by atomic mass is 32.2. The maximum Gasteiger partial charge on any atom is 0.227 e. The fraction of sp³-hybridized carbons (Fsp3) is 0.385. The fourth-order valence-electron chi connectivity index (χ4n) is 5.07. The lowest BCUT2D eigenvalue weighted by atomic mass is 9.97. The van der Waals surface area contributed by atoms with Gasteiger partial charge in [-0.2, -0.15) is 0 Å². The monoisotopic (exact) mass is 474 g/mol. The molecule has 5 rings (SSSR count). The Bertz CT molecular complexity index is 1170. The van der Waals surface area contributed by atoms with E-state index in [2.05, 4.69) is 34.1 Å². The van der Waals surface area contributed by atoms with Crippen molar-refractivity contribution in [3.8, 4) is 0 Å². The number of aromatic nitrogens is 1. The highest BCUT2D eigenvalue weighted by Crippen LogP contribution is 2.29. The first-order valence-electron chi connectivity index (χ1n) is 12.1. The van der Waals surface area contributed by atoms with E-state index in [0.717, 1.165) is 59.4 Å². The summed E-state index contributed by atoms with van der Waals surface area (Å²) >= 11 is -1.22. The number of rotatable bonds is 4. The van der Waals surface area contributed by atoms with Gasteiger partial charge in [0.2, 0.25) is 5.91 Å². The molecule has 0 saturated carbocycles. The van der Waals surface area contributed by atoms with E-state index < -0.39 is 11.4 Å². The van der Waals surface area contributed by atoms with Gasteiger partial charge in [0.05, 0.1) is 29.3 Å². The molecule has 0 spiro atoms. The molecule has 0 N–H and O–H groups in total. The van der Waals surface area contributed by atoms with Crippen LogP contribution < -0.4 is 10.4 Å². The van der Waals surface area contributed by atoms with E-state index in [4.69, 9.17) is 0 Å². The molecule has 3 heterocycles. The van der Waals surface area contributed by atoms with E-state index >= 15 is 0 Å². The Kier molecular flexibility index (Phi) is 6.81. The predicted octanol–water partition coefficient (Wildman–Crippen LogP) is 1.89. The molecule has 1 amide bonds. The molecule has 2 unspecified atom stereocenters. The van der Waals surface area contributed by atoms with Gasteiger partial charge in [0.25, 0.3) is 0 Å². The van der Waals surface area contributed by atoms with E-state index in [1.54, 1.807) is 0 Å². The number of benzene rings is 2. The summed E-state index contributed by atoms with van der Waals surface area (Å²) in [4.78, 5) is 23.2. The van der Waals surface area contributed by atoms with Gasteiger partial charge in [-0.1, -0.05) is 35.8 Å². The second-order valence-corrected chi connectivity index (χ2v) is 10.9. The Labute approximate surface area is 205 Å². The minimum absolute atomic E-state index is 0.0845. The maximum absolute atomic E-state index is 13.4. The molecule has 2 fully saturated rings. The third-order valence-corrected chi connectivity index (χ3v) is 8.42. The summed E-state index contributed by atoms with van der Waals surface area (Å²) in [6, 6.07) is 18.3. The third-order valence-electron chi connectivity index (χ3n) is 6.94. The predicted molar refractivity (Wildman–Crippen MR) is 141 cm³/mol. The minimum atomic E-state index is -1.22. The number of fused-ring (bicyclic) bond motifs is 1. The lowest BCUT2D eigenvalue weighted by Crippen LogP contribution is -2.53. The van der Waals surface area contributed by atoms with Gasteiger partial charge < -0.3 is 14.4 Å². The lowest BCUT2D eigenvalue weighted by Gasteiger charge is -2.39. The molecule has 0 aliphatic carbocycles. The molecule has 2 aromatic carbocycles. The highest BCUT2D eigenvalue weighted by Gasteiger charge is 2.35. The average Bonchev–Trinajstić information content (AvgIpc) is 2.88. The van der Waals surface area contributed by atoms with E-state index in [0.29, 0.717) is 19.6 Å². The zero-order valence-corrected chi connectivity index (χ0v) is 20.8. The van der Waals surface area contributed by atoms with E-state index in [1.807, 2.05) is 54.3 Å². The van der Waals surface area contributed by atoms with Crippen LogP contribution in [0.3, 0.4) is 0 Å². The molecule has 176 valence electrons. The smallest absolute Gasteiger partial charge is 0.227 e. The second-order valence-electron chi connectivity index (χ2n) is 9.40. The average molecular weight is 474 g/mol. The molecule has 2 saturated heterocycles. The van der Waals surface area contributed by atoms with Crippen molar-refractivity contribution >= 4 is 47.2 Å². The van der Waals surface area contributed by atoms with Crippen LogP contribution in [0.5, 0.6) is 0 Å². The van der Waals surface area contributed by atoms with Crippen LogP contribution in [0.4, 0.5) is 5.69 Å². The second kappa shape index (κ2) is 9.98. The fourth-order valence-corrected chi connectivity index (χ4v) is 6.35. The van der Waals surface area contributed by atoms with Gasteiger partial charge in [-0.3, -0.25) is 9.78 Å². The van der Waals surface area contributed by atoms with Gasteiger partial charge in [0.15, 0.2) is 4.90 Å². The van der Waals surface area contributed by atoms with Crippen LogP contribution in [0.15, 0.2) is 59.5 Å². The number of amides is 1. The first-order chi connectivity index (χ1) is 16.5. The normalized spacial score (nSPS) is 20.5. The number of hydrogen-bond donors (Lipinski definition) is 0. The van der Waals surface area contributed by atoms with Gasteiger partial charge in [-0.25, -0.2) is 0 Å². The van der Waals surface area contributed by atoms with E-state index in [1.165, 1.54) is 5.69 Å². The number of nitrogens with zero attached hydrogens (tertiary/aromatic N) is 4. The first kappa shape index (κ1) is 23.2. The number of aryl methyl sites for hydroxylation is 1. The van der Waals surface area contributed by atoms with Crippen molar-refractivity contribution < 1.29 is 9.35 Å². The molecule has 34 heavy (non-hydrogen) atoms. The number of hydrogen-bond acceptors (Lipinski definition) is 5. The van der Waals surface area contributed by atoms with Crippen molar-refractivity contribution in [3.63, 3.8) is 0 Å². The molecular weight excluding hydrogens is 443 g/mol. The number of pyridine rings is 1.